The van der Waals surface area contributed by atoms with Gasteiger partial charge in [-0.05, 0) is 31.5 Å². The van der Waals surface area contributed by atoms with E-state index in [1.54, 1.807) is 6.92 Å². The number of halogens is 4. The molecule has 2 aromatic rings. The number of aromatic nitrogens is 2. The number of hydrogen-bond donors (Lipinski definition) is 2. The summed E-state index contributed by atoms with van der Waals surface area (Å²) in [5.41, 5.74) is 3.33. The molecule has 0 saturated heterocycles. The lowest BCUT2D eigenvalue weighted by Crippen LogP contribution is -2.36. The Morgan fingerprint density at radius 2 is 1.96 bits per heavy atom. The van der Waals surface area contributed by atoms with Gasteiger partial charge in [0.25, 0.3) is 5.91 Å². The third kappa shape index (κ3) is 5.30. The van der Waals surface area contributed by atoms with Gasteiger partial charge in [0.1, 0.15) is 0 Å². The summed E-state index contributed by atoms with van der Waals surface area (Å²) in [6.07, 6.45) is -4.60. The summed E-state index contributed by atoms with van der Waals surface area (Å²) in [6, 6.07) is 5.91. The Balaban J connectivity index is 0.00000364. The van der Waals surface area contributed by atoms with Gasteiger partial charge in [0.15, 0.2) is 5.69 Å². The van der Waals surface area contributed by atoms with Gasteiger partial charge >= 0.3 is 6.18 Å². The Morgan fingerprint density at radius 1 is 1.33 bits per heavy atom. The number of alkyl halides is 3. The lowest BCUT2D eigenvalue weighted by molar-refractivity contribution is -0.137. The second-order valence-electron chi connectivity index (χ2n) is 5.98. The molecule has 148 valence electrons. The van der Waals surface area contributed by atoms with E-state index in [1.165, 1.54) is 25.1 Å². The molecule has 0 bridgehead atoms. The molecule has 6 nitrogen and oxygen atoms in total. The molecule has 0 aliphatic carbocycles. The smallest absolute Gasteiger partial charge is 0.350 e. The zero-order valence-corrected chi connectivity index (χ0v) is 15.5. The minimum atomic E-state index is -4.60. The number of amides is 1. The van der Waals surface area contributed by atoms with Crippen molar-refractivity contribution in [3.63, 3.8) is 0 Å². The van der Waals surface area contributed by atoms with Crippen molar-refractivity contribution < 1.29 is 18.0 Å². The quantitative estimate of drug-likeness (QED) is 0.800. The highest BCUT2D eigenvalue weighted by molar-refractivity contribution is 5.92. The van der Waals surface area contributed by atoms with Crippen molar-refractivity contribution in [3.05, 3.63) is 57.5 Å². The monoisotopic (exact) mass is 404 g/mol. The summed E-state index contributed by atoms with van der Waals surface area (Å²) in [5, 5.41) is 6.40. The SMILES string of the molecule is Cc1cc(=O)c(C(=O)NCC(C)CN)nn1-c1ccccc1C(F)(F)F.Cl. The molecule has 0 fully saturated rings. The van der Waals surface area contributed by atoms with E-state index in [0.29, 0.717) is 6.54 Å². The molecule has 0 saturated carbocycles. The molecule has 2 rings (SSSR count). The first-order valence-electron chi connectivity index (χ1n) is 7.91. The van der Waals surface area contributed by atoms with Gasteiger partial charge in [0.2, 0.25) is 5.43 Å². The summed E-state index contributed by atoms with van der Waals surface area (Å²) in [6.45, 7) is 3.81. The van der Waals surface area contributed by atoms with Crippen LogP contribution in [0.3, 0.4) is 0 Å². The molecule has 1 aromatic heterocycles. The number of aryl methyl sites for hydroxylation is 1. The fourth-order valence-electron chi connectivity index (χ4n) is 2.28. The maximum atomic E-state index is 13.3. The van der Waals surface area contributed by atoms with Crippen LogP contribution in [0.5, 0.6) is 0 Å². The zero-order valence-electron chi connectivity index (χ0n) is 14.7. The van der Waals surface area contributed by atoms with Crippen LogP contribution >= 0.6 is 12.4 Å². The number of nitrogens with two attached hydrogens (primary N) is 1. The molecular formula is C17H20ClF3N4O2. The third-order valence-corrected chi connectivity index (χ3v) is 3.77. The Hall–Kier alpha value is -2.39. The second-order valence-corrected chi connectivity index (χ2v) is 5.98. The number of nitrogens with one attached hydrogen (secondary N) is 1. The highest BCUT2D eigenvalue weighted by Gasteiger charge is 2.34. The van der Waals surface area contributed by atoms with Gasteiger partial charge < -0.3 is 11.1 Å². The van der Waals surface area contributed by atoms with Gasteiger partial charge in [-0.25, -0.2) is 4.68 Å². The van der Waals surface area contributed by atoms with Gasteiger partial charge in [-0.1, -0.05) is 19.1 Å². The molecule has 1 amide bonds. The molecule has 1 heterocycles. The van der Waals surface area contributed by atoms with Crippen LogP contribution in [-0.4, -0.2) is 28.8 Å². The predicted molar refractivity (Wildman–Crippen MR) is 97.4 cm³/mol. The van der Waals surface area contributed by atoms with Crippen LogP contribution in [0, 0.1) is 12.8 Å². The van der Waals surface area contributed by atoms with Crippen LogP contribution < -0.4 is 16.5 Å². The van der Waals surface area contributed by atoms with E-state index >= 15 is 0 Å². The number of nitrogens with zero attached hydrogens (tertiary/aromatic N) is 2. The first-order valence-corrected chi connectivity index (χ1v) is 7.91. The lowest BCUT2D eigenvalue weighted by Gasteiger charge is -2.17. The summed E-state index contributed by atoms with van der Waals surface area (Å²) in [4.78, 5) is 24.3. The average molecular weight is 405 g/mol. The van der Waals surface area contributed by atoms with E-state index in [2.05, 4.69) is 10.4 Å². The Labute approximate surface area is 160 Å². The van der Waals surface area contributed by atoms with E-state index < -0.39 is 28.8 Å². The first-order chi connectivity index (χ1) is 12.1. The molecule has 1 unspecified atom stereocenters. The van der Waals surface area contributed by atoms with Crippen LogP contribution in [0.1, 0.15) is 28.7 Å². The second kappa shape index (κ2) is 9.01. The maximum absolute atomic E-state index is 13.3. The average Bonchev–Trinajstić information content (AvgIpc) is 2.58. The molecule has 1 atom stereocenters. The van der Waals surface area contributed by atoms with Crippen molar-refractivity contribution in [2.45, 2.75) is 20.0 Å². The van der Waals surface area contributed by atoms with Gasteiger partial charge in [0, 0.05) is 18.3 Å². The summed E-state index contributed by atoms with van der Waals surface area (Å²) in [7, 11) is 0. The summed E-state index contributed by atoms with van der Waals surface area (Å²) >= 11 is 0. The Morgan fingerprint density at radius 3 is 2.56 bits per heavy atom. The lowest BCUT2D eigenvalue weighted by atomic mass is 10.1. The normalized spacial score (nSPS) is 12.2. The van der Waals surface area contributed by atoms with Gasteiger partial charge in [-0.2, -0.15) is 18.3 Å². The molecule has 1 aromatic carbocycles. The van der Waals surface area contributed by atoms with Gasteiger partial charge in [-0.3, -0.25) is 9.59 Å². The van der Waals surface area contributed by atoms with Crippen LogP contribution in [0.15, 0.2) is 35.1 Å². The van der Waals surface area contributed by atoms with Crippen LogP contribution in [-0.2, 0) is 6.18 Å². The fraction of sp³-hybridized carbons (Fsp3) is 0.353. The maximum Gasteiger partial charge on any atom is 0.418 e. The number of carbonyl (C=O) groups excluding carboxylic acids is 1. The van der Waals surface area contributed by atoms with Crippen LogP contribution in [0.2, 0.25) is 0 Å². The summed E-state index contributed by atoms with van der Waals surface area (Å²) < 4.78 is 40.7. The van der Waals surface area contributed by atoms with Crippen molar-refractivity contribution >= 4 is 18.3 Å². The highest BCUT2D eigenvalue weighted by atomic mass is 35.5. The molecule has 3 N–H and O–H groups in total. The number of carbonyl (C=O) groups is 1. The van der Waals surface area contributed by atoms with E-state index in [4.69, 9.17) is 5.73 Å². The van der Waals surface area contributed by atoms with Crippen LogP contribution in [0.25, 0.3) is 5.69 Å². The number of para-hydroxylation sites is 1. The standard InChI is InChI=1S/C17H19F3N4O2.ClH/c1-10(8-21)9-22-16(26)15-14(25)7-11(2)24(23-15)13-6-4-3-5-12(13)17(18,19)20;/h3-7,10H,8-9,21H2,1-2H3,(H,22,26);1H. The molecular weight excluding hydrogens is 385 g/mol. The van der Waals surface area contributed by atoms with Gasteiger partial charge in [0.05, 0.1) is 11.3 Å². The van der Waals surface area contributed by atoms with Gasteiger partial charge in [-0.15, -0.1) is 12.4 Å². The fourth-order valence-corrected chi connectivity index (χ4v) is 2.28. The Bertz CT molecular complexity index is 868. The third-order valence-electron chi connectivity index (χ3n) is 3.77. The van der Waals surface area contributed by atoms with Crippen molar-refractivity contribution in [2.24, 2.45) is 11.7 Å². The Kier molecular flexibility index (Phi) is 7.55. The molecule has 0 aliphatic heterocycles. The molecule has 0 aliphatic rings. The number of rotatable bonds is 5. The number of benzene rings is 1. The van der Waals surface area contributed by atoms with E-state index in [0.717, 1.165) is 16.8 Å². The van der Waals surface area contributed by atoms with E-state index in [-0.39, 0.29) is 36.3 Å². The van der Waals surface area contributed by atoms with Crippen molar-refractivity contribution in [1.29, 1.82) is 0 Å². The number of hydrogen-bond acceptors (Lipinski definition) is 4. The summed E-state index contributed by atoms with van der Waals surface area (Å²) in [5.74, 6) is -0.772. The largest absolute Gasteiger partial charge is 0.418 e. The molecule has 0 radical (unpaired) electrons. The predicted octanol–water partition coefficient (Wildman–Crippen LogP) is 2.31. The molecule has 0 spiro atoms. The van der Waals surface area contributed by atoms with Crippen molar-refractivity contribution in [2.75, 3.05) is 13.1 Å². The van der Waals surface area contributed by atoms with E-state index in [1.807, 2.05) is 0 Å². The minimum absolute atomic E-state index is 0. The molecule has 10 heteroatoms. The van der Waals surface area contributed by atoms with Crippen molar-refractivity contribution in [1.82, 2.24) is 15.1 Å². The molecule has 27 heavy (non-hydrogen) atoms. The minimum Gasteiger partial charge on any atom is -0.350 e. The zero-order chi connectivity index (χ0) is 19.5. The first kappa shape index (κ1) is 22.7. The van der Waals surface area contributed by atoms with E-state index in [9.17, 15) is 22.8 Å². The van der Waals surface area contributed by atoms with Crippen LogP contribution in [0.4, 0.5) is 13.2 Å². The van der Waals surface area contributed by atoms with Crippen molar-refractivity contribution in [3.8, 4) is 5.69 Å². The highest BCUT2D eigenvalue weighted by Crippen LogP contribution is 2.33. The topological polar surface area (TPSA) is 90.0 Å².